The highest BCUT2D eigenvalue weighted by Crippen LogP contribution is 2.07. The Balaban J connectivity index is 2.32. The van der Waals surface area contributed by atoms with E-state index < -0.39 is 0 Å². The van der Waals surface area contributed by atoms with Gasteiger partial charge in [-0.15, -0.1) is 0 Å². The van der Waals surface area contributed by atoms with Crippen molar-refractivity contribution in [1.29, 1.82) is 0 Å². The van der Waals surface area contributed by atoms with Crippen LogP contribution < -0.4 is 10.9 Å². The highest BCUT2D eigenvalue weighted by atomic mass is 16.2. The van der Waals surface area contributed by atoms with Crippen LogP contribution in [0.3, 0.4) is 0 Å². The molecule has 0 aromatic carbocycles. The Morgan fingerprint density at radius 3 is 3.00 bits per heavy atom. The van der Waals surface area contributed by atoms with E-state index in [0.29, 0.717) is 12.3 Å². The van der Waals surface area contributed by atoms with E-state index in [-0.39, 0.29) is 5.91 Å². The molecule has 1 amide bonds. The van der Waals surface area contributed by atoms with Gasteiger partial charge < -0.3 is 0 Å². The first kappa shape index (κ1) is 6.55. The van der Waals surface area contributed by atoms with Crippen LogP contribution in [-0.2, 0) is 4.79 Å². The van der Waals surface area contributed by atoms with E-state index >= 15 is 0 Å². The normalized spacial score (nSPS) is 27.7. The molecule has 52 valence electrons. The van der Waals surface area contributed by atoms with Crippen LogP contribution >= 0.6 is 0 Å². The van der Waals surface area contributed by atoms with Crippen molar-refractivity contribution in [1.82, 2.24) is 10.9 Å². The molecule has 3 nitrogen and oxygen atoms in total. The van der Waals surface area contributed by atoms with Crippen molar-refractivity contribution in [3.05, 3.63) is 0 Å². The van der Waals surface area contributed by atoms with Crippen LogP contribution in [0.5, 0.6) is 0 Å². The minimum atomic E-state index is 0.119. The number of amides is 1. The van der Waals surface area contributed by atoms with Crippen LogP contribution in [0, 0.1) is 5.92 Å². The van der Waals surface area contributed by atoms with Gasteiger partial charge in [0.05, 0.1) is 0 Å². The van der Waals surface area contributed by atoms with E-state index in [9.17, 15) is 4.79 Å². The zero-order chi connectivity index (χ0) is 6.69. The predicted octanol–water partition coefficient (Wildman–Crippen LogP) is 0.0371. The molecule has 1 aliphatic rings. The van der Waals surface area contributed by atoms with Gasteiger partial charge >= 0.3 is 0 Å². The van der Waals surface area contributed by atoms with Crippen LogP contribution in [0.4, 0.5) is 0 Å². The SMILES string of the molecule is CCC1CNNC(=O)C1. The van der Waals surface area contributed by atoms with Gasteiger partial charge in [0, 0.05) is 13.0 Å². The fourth-order valence-electron chi connectivity index (χ4n) is 0.968. The van der Waals surface area contributed by atoms with Crippen molar-refractivity contribution in [3.8, 4) is 0 Å². The zero-order valence-corrected chi connectivity index (χ0v) is 5.61. The number of hydrogen-bond donors (Lipinski definition) is 2. The second-order valence-corrected chi connectivity index (χ2v) is 2.41. The average Bonchev–Trinajstić information content (AvgIpc) is 1.88. The standard InChI is InChI=1S/C6H12N2O/c1-2-5-3-6(9)8-7-4-5/h5,7H,2-4H2,1H3,(H,8,9). The molecule has 0 radical (unpaired) electrons. The largest absolute Gasteiger partial charge is 0.292 e. The lowest BCUT2D eigenvalue weighted by Gasteiger charge is -2.20. The van der Waals surface area contributed by atoms with Crippen molar-refractivity contribution >= 4 is 5.91 Å². The smallest absolute Gasteiger partial charge is 0.234 e. The minimum absolute atomic E-state index is 0.119. The van der Waals surface area contributed by atoms with Crippen LogP contribution in [0.15, 0.2) is 0 Å². The van der Waals surface area contributed by atoms with Gasteiger partial charge in [-0.1, -0.05) is 13.3 Å². The third-order valence-corrected chi connectivity index (χ3v) is 1.67. The Bertz CT molecular complexity index is 114. The monoisotopic (exact) mass is 128 g/mol. The van der Waals surface area contributed by atoms with Gasteiger partial charge in [0.15, 0.2) is 0 Å². The molecule has 9 heavy (non-hydrogen) atoms. The molecule has 3 heteroatoms. The van der Waals surface area contributed by atoms with Gasteiger partial charge in [0.1, 0.15) is 0 Å². The van der Waals surface area contributed by atoms with E-state index in [1.54, 1.807) is 0 Å². The third kappa shape index (κ3) is 1.68. The zero-order valence-electron chi connectivity index (χ0n) is 5.61. The van der Waals surface area contributed by atoms with Crippen molar-refractivity contribution in [2.45, 2.75) is 19.8 Å². The van der Waals surface area contributed by atoms with Crippen LogP contribution in [0.1, 0.15) is 19.8 Å². The maximum absolute atomic E-state index is 10.7. The Kier molecular flexibility index (Phi) is 2.05. The lowest BCUT2D eigenvalue weighted by molar-refractivity contribution is -0.124. The summed E-state index contributed by atoms with van der Waals surface area (Å²) in [5.74, 6) is 0.659. The molecule has 2 N–H and O–H groups in total. The van der Waals surface area contributed by atoms with Crippen LogP contribution in [0.25, 0.3) is 0 Å². The Morgan fingerprint density at radius 1 is 1.78 bits per heavy atom. The van der Waals surface area contributed by atoms with Gasteiger partial charge in [0.2, 0.25) is 5.91 Å². The summed E-state index contributed by atoms with van der Waals surface area (Å²) in [4.78, 5) is 10.7. The molecule has 1 atom stereocenters. The van der Waals surface area contributed by atoms with E-state index in [1.165, 1.54) is 0 Å². The second-order valence-electron chi connectivity index (χ2n) is 2.41. The van der Waals surface area contributed by atoms with Gasteiger partial charge in [-0.2, -0.15) is 0 Å². The Morgan fingerprint density at radius 2 is 2.56 bits per heavy atom. The fourth-order valence-corrected chi connectivity index (χ4v) is 0.968. The van der Waals surface area contributed by atoms with E-state index in [1.807, 2.05) is 0 Å². The summed E-state index contributed by atoms with van der Waals surface area (Å²) in [5, 5.41) is 0. The molecule has 0 aromatic rings. The topological polar surface area (TPSA) is 41.1 Å². The van der Waals surface area contributed by atoms with Crippen molar-refractivity contribution in [3.63, 3.8) is 0 Å². The molecule has 1 rings (SSSR count). The third-order valence-electron chi connectivity index (χ3n) is 1.67. The highest BCUT2D eigenvalue weighted by molar-refractivity contribution is 5.76. The first-order valence-electron chi connectivity index (χ1n) is 3.34. The lowest BCUT2D eigenvalue weighted by atomic mass is 10.0. The average molecular weight is 128 g/mol. The highest BCUT2D eigenvalue weighted by Gasteiger charge is 2.15. The summed E-state index contributed by atoms with van der Waals surface area (Å²) >= 11 is 0. The Labute approximate surface area is 54.8 Å². The maximum atomic E-state index is 10.7. The van der Waals surface area contributed by atoms with E-state index in [4.69, 9.17) is 0 Å². The quantitative estimate of drug-likeness (QED) is 0.523. The molecule has 1 unspecified atom stereocenters. The number of nitrogens with one attached hydrogen (secondary N) is 2. The van der Waals surface area contributed by atoms with E-state index in [2.05, 4.69) is 17.8 Å². The molecule has 1 fully saturated rings. The summed E-state index contributed by atoms with van der Waals surface area (Å²) in [7, 11) is 0. The number of hydrazine groups is 1. The second kappa shape index (κ2) is 2.82. The van der Waals surface area contributed by atoms with Gasteiger partial charge in [0.25, 0.3) is 0 Å². The number of carbonyl (C=O) groups is 1. The van der Waals surface area contributed by atoms with Crippen LogP contribution in [-0.4, -0.2) is 12.5 Å². The van der Waals surface area contributed by atoms with Gasteiger partial charge in [-0.05, 0) is 5.92 Å². The molecule has 0 bridgehead atoms. The van der Waals surface area contributed by atoms with Crippen molar-refractivity contribution < 1.29 is 4.79 Å². The summed E-state index contributed by atoms with van der Waals surface area (Å²) in [5.41, 5.74) is 5.39. The van der Waals surface area contributed by atoms with E-state index in [0.717, 1.165) is 13.0 Å². The van der Waals surface area contributed by atoms with Gasteiger partial charge in [-0.3, -0.25) is 10.2 Å². The van der Waals surface area contributed by atoms with Gasteiger partial charge in [-0.25, -0.2) is 5.43 Å². The first-order chi connectivity index (χ1) is 4.33. The van der Waals surface area contributed by atoms with Crippen molar-refractivity contribution in [2.75, 3.05) is 6.54 Å². The lowest BCUT2D eigenvalue weighted by Crippen LogP contribution is -2.46. The number of rotatable bonds is 1. The summed E-state index contributed by atoms with van der Waals surface area (Å²) in [6, 6.07) is 0. The molecule has 0 spiro atoms. The predicted molar refractivity (Wildman–Crippen MR) is 34.5 cm³/mol. The molecular weight excluding hydrogens is 116 g/mol. The Hall–Kier alpha value is -0.570. The molecule has 1 heterocycles. The molecular formula is C6H12N2O. The number of hydrogen-bond acceptors (Lipinski definition) is 2. The molecule has 1 aliphatic heterocycles. The summed E-state index contributed by atoms with van der Waals surface area (Å²) in [6.07, 6.45) is 1.77. The summed E-state index contributed by atoms with van der Waals surface area (Å²) < 4.78 is 0. The summed E-state index contributed by atoms with van der Waals surface area (Å²) in [6.45, 7) is 3.02. The van der Waals surface area contributed by atoms with Crippen molar-refractivity contribution in [2.24, 2.45) is 5.92 Å². The molecule has 0 aliphatic carbocycles. The molecule has 0 aromatic heterocycles. The number of carbonyl (C=O) groups excluding carboxylic acids is 1. The molecule has 1 saturated heterocycles. The minimum Gasteiger partial charge on any atom is -0.292 e. The fraction of sp³-hybridized carbons (Fsp3) is 0.833. The maximum Gasteiger partial charge on any atom is 0.234 e. The van der Waals surface area contributed by atoms with Crippen LogP contribution in [0.2, 0.25) is 0 Å². The molecule has 0 saturated carbocycles. The first-order valence-corrected chi connectivity index (χ1v) is 3.34.